The molecule has 1 aromatic carbocycles. The lowest BCUT2D eigenvalue weighted by Crippen LogP contribution is -2.37. The SMILES string of the molecule is CN(C)C(=O)N(C)c1ccccc1C(N)=NO. The first-order valence-electron chi connectivity index (χ1n) is 5.01. The van der Waals surface area contributed by atoms with E-state index in [1.54, 1.807) is 45.4 Å². The Morgan fingerprint density at radius 3 is 2.41 bits per heavy atom. The second-order valence-electron chi connectivity index (χ2n) is 3.74. The Balaban J connectivity index is 3.18. The van der Waals surface area contributed by atoms with Crippen molar-refractivity contribution in [1.82, 2.24) is 4.90 Å². The summed E-state index contributed by atoms with van der Waals surface area (Å²) >= 11 is 0. The van der Waals surface area contributed by atoms with Crippen LogP contribution in [0.15, 0.2) is 29.4 Å². The highest BCUT2D eigenvalue weighted by Gasteiger charge is 2.17. The van der Waals surface area contributed by atoms with E-state index in [1.165, 1.54) is 9.80 Å². The van der Waals surface area contributed by atoms with Crippen LogP contribution >= 0.6 is 0 Å². The number of nitrogens with zero attached hydrogens (tertiary/aromatic N) is 3. The molecule has 0 fully saturated rings. The summed E-state index contributed by atoms with van der Waals surface area (Å²) in [6.07, 6.45) is 0. The molecular weight excluding hydrogens is 220 g/mol. The van der Waals surface area contributed by atoms with Gasteiger partial charge in [0.15, 0.2) is 5.84 Å². The minimum Gasteiger partial charge on any atom is -0.409 e. The molecule has 0 aliphatic carbocycles. The van der Waals surface area contributed by atoms with Gasteiger partial charge in [-0.05, 0) is 12.1 Å². The predicted octanol–water partition coefficient (Wildman–Crippen LogP) is 0.899. The average molecular weight is 236 g/mol. The number of amides is 2. The molecule has 1 aromatic rings. The first kappa shape index (κ1) is 12.8. The number of hydrogen-bond donors (Lipinski definition) is 2. The Morgan fingerprint density at radius 1 is 1.29 bits per heavy atom. The average Bonchev–Trinajstić information content (AvgIpc) is 2.35. The van der Waals surface area contributed by atoms with Crippen LogP contribution in [0.1, 0.15) is 5.56 Å². The summed E-state index contributed by atoms with van der Waals surface area (Å²) in [4.78, 5) is 14.7. The highest BCUT2D eigenvalue weighted by atomic mass is 16.4. The second-order valence-corrected chi connectivity index (χ2v) is 3.74. The molecule has 0 aliphatic heterocycles. The molecule has 1 rings (SSSR count). The number of para-hydroxylation sites is 1. The largest absolute Gasteiger partial charge is 0.409 e. The van der Waals surface area contributed by atoms with E-state index in [2.05, 4.69) is 5.16 Å². The van der Waals surface area contributed by atoms with Gasteiger partial charge in [-0.15, -0.1) is 0 Å². The maximum atomic E-state index is 11.8. The predicted molar refractivity (Wildman–Crippen MR) is 66.4 cm³/mol. The van der Waals surface area contributed by atoms with Crippen molar-refractivity contribution in [1.29, 1.82) is 0 Å². The summed E-state index contributed by atoms with van der Waals surface area (Å²) in [7, 11) is 4.95. The van der Waals surface area contributed by atoms with Crippen molar-refractivity contribution in [2.75, 3.05) is 26.0 Å². The zero-order chi connectivity index (χ0) is 13.0. The lowest BCUT2D eigenvalue weighted by atomic mass is 10.1. The Labute approximate surface area is 99.9 Å². The number of anilines is 1. The van der Waals surface area contributed by atoms with Gasteiger partial charge in [0.1, 0.15) is 0 Å². The molecule has 0 bridgehead atoms. The Kier molecular flexibility index (Phi) is 3.92. The van der Waals surface area contributed by atoms with Crippen LogP contribution in [-0.4, -0.2) is 43.1 Å². The molecule has 17 heavy (non-hydrogen) atoms. The third-order valence-electron chi connectivity index (χ3n) is 2.32. The highest BCUT2D eigenvalue weighted by molar-refractivity contribution is 6.05. The topological polar surface area (TPSA) is 82.2 Å². The maximum absolute atomic E-state index is 11.8. The van der Waals surface area contributed by atoms with E-state index in [4.69, 9.17) is 10.9 Å². The van der Waals surface area contributed by atoms with Crippen molar-refractivity contribution in [3.8, 4) is 0 Å². The third-order valence-corrected chi connectivity index (χ3v) is 2.32. The van der Waals surface area contributed by atoms with E-state index in [0.717, 1.165) is 0 Å². The molecule has 0 saturated carbocycles. The minimum atomic E-state index is -0.191. The van der Waals surface area contributed by atoms with Gasteiger partial charge in [0.05, 0.1) is 5.69 Å². The molecule has 3 N–H and O–H groups in total. The third kappa shape index (κ3) is 2.66. The number of hydrogen-bond acceptors (Lipinski definition) is 3. The zero-order valence-electron chi connectivity index (χ0n) is 10.1. The van der Waals surface area contributed by atoms with Crippen molar-refractivity contribution in [3.05, 3.63) is 29.8 Å². The van der Waals surface area contributed by atoms with Crippen molar-refractivity contribution in [2.45, 2.75) is 0 Å². The van der Waals surface area contributed by atoms with Crippen molar-refractivity contribution >= 4 is 17.6 Å². The molecule has 2 amide bonds. The van der Waals surface area contributed by atoms with Crippen molar-refractivity contribution in [3.63, 3.8) is 0 Å². The molecule has 6 nitrogen and oxygen atoms in total. The summed E-state index contributed by atoms with van der Waals surface area (Å²) in [5, 5.41) is 11.6. The van der Waals surface area contributed by atoms with E-state index in [1.807, 2.05) is 0 Å². The van der Waals surface area contributed by atoms with Gasteiger partial charge in [-0.25, -0.2) is 4.79 Å². The van der Waals surface area contributed by atoms with Crippen LogP contribution < -0.4 is 10.6 Å². The smallest absolute Gasteiger partial charge is 0.323 e. The van der Waals surface area contributed by atoms with E-state index in [9.17, 15) is 4.79 Å². The fraction of sp³-hybridized carbons (Fsp3) is 0.273. The highest BCUT2D eigenvalue weighted by Crippen LogP contribution is 2.19. The van der Waals surface area contributed by atoms with Crippen LogP contribution in [0.25, 0.3) is 0 Å². The van der Waals surface area contributed by atoms with Crippen molar-refractivity contribution in [2.24, 2.45) is 10.9 Å². The summed E-state index contributed by atoms with van der Waals surface area (Å²) in [6, 6.07) is 6.76. The monoisotopic (exact) mass is 236 g/mol. The first-order chi connectivity index (χ1) is 7.99. The van der Waals surface area contributed by atoms with Crippen LogP contribution in [0.3, 0.4) is 0 Å². The van der Waals surface area contributed by atoms with Gasteiger partial charge in [-0.1, -0.05) is 17.3 Å². The van der Waals surface area contributed by atoms with Gasteiger partial charge in [0.2, 0.25) is 0 Å². The number of oxime groups is 1. The van der Waals surface area contributed by atoms with Gasteiger partial charge in [-0.3, -0.25) is 4.90 Å². The molecule has 0 aromatic heterocycles. The molecule has 0 radical (unpaired) electrons. The van der Waals surface area contributed by atoms with Gasteiger partial charge < -0.3 is 15.8 Å². The minimum absolute atomic E-state index is 0.0287. The number of rotatable bonds is 2. The first-order valence-corrected chi connectivity index (χ1v) is 5.01. The molecule has 0 atom stereocenters. The maximum Gasteiger partial charge on any atom is 0.323 e. The van der Waals surface area contributed by atoms with Gasteiger partial charge in [0.25, 0.3) is 0 Å². The number of urea groups is 1. The van der Waals surface area contributed by atoms with E-state index >= 15 is 0 Å². The van der Waals surface area contributed by atoms with Crippen LogP contribution in [0.5, 0.6) is 0 Å². The van der Waals surface area contributed by atoms with E-state index in [0.29, 0.717) is 11.3 Å². The number of benzene rings is 1. The quantitative estimate of drug-likeness (QED) is 0.346. The molecule has 0 aliphatic rings. The normalized spacial score (nSPS) is 11.1. The lowest BCUT2D eigenvalue weighted by molar-refractivity contribution is 0.225. The summed E-state index contributed by atoms with van der Waals surface area (Å²) in [5.41, 5.74) is 6.65. The fourth-order valence-corrected chi connectivity index (χ4v) is 1.44. The molecule has 0 spiro atoms. The zero-order valence-corrected chi connectivity index (χ0v) is 10.1. The second kappa shape index (κ2) is 5.20. The Hall–Kier alpha value is -2.24. The molecular formula is C11H16N4O2. The van der Waals surface area contributed by atoms with Crippen LogP contribution in [0, 0.1) is 0 Å². The molecule has 92 valence electrons. The Morgan fingerprint density at radius 2 is 1.88 bits per heavy atom. The van der Waals surface area contributed by atoms with Crippen LogP contribution in [0.4, 0.5) is 10.5 Å². The number of carbonyl (C=O) groups excluding carboxylic acids is 1. The van der Waals surface area contributed by atoms with Gasteiger partial charge in [-0.2, -0.15) is 0 Å². The summed E-state index contributed by atoms with van der Waals surface area (Å²) in [6.45, 7) is 0. The van der Waals surface area contributed by atoms with Gasteiger partial charge >= 0.3 is 6.03 Å². The molecule has 0 saturated heterocycles. The number of amidine groups is 1. The van der Waals surface area contributed by atoms with E-state index < -0.39 is 0 Å². The lowest BCUT2D eigenvalue weighted by Gasteiger charge is -2.23. The van der Waals surface area contributed by atoms with Crippen molar-refractivity contribution < 1.29 is 10.0 Å². The number of nitrogens with two attached hydrogens (primary N) is 1. The van der Waals surface area contributed by atoms with Crippen LogP contribution in [0.2, 0.25) is 0 Å². The molecule has 0 heterocycles. The summed E-state index contributed by atoms with van der Waals surface area (Å²) < 4.78 is 0. The fourth-order valence-electron chi connectivity index (χ4n) is 1.44. The summed E-state index contributed by atoms with van der Waals surface area (Å²) in [5.74, 6) is -0.0287. The van der Waals surface area contributed by atoms with Gasteiger partial charge in [0, 0.05) is 26.7 Å². The molecule has 6 heteroatoms. The molecule has 0 unspecified atom stereocenters. The van der Waals surface area contributed by atoms with Crippen LogP contribution in [-0.2, 0) is 0 Å². The van der Waals surface area contributed by atoms with E-state index in [-0.39, 0.29) is 11.9 Å². The standard InChI is InChI=1S/C11H16N4O2/c1-14(2)11(16)15(3)9-7-5-4-6-8(9)10(12)13-17/h4-7,17H,1-3H3,(H2,12,13). The Bertz CT molecular complexity index is 443. The number of carbonyl (C=O) groups is 1.